The van der Waals surface area contributed by atoms with Crippen LogP contribution in [0.3, 0.4) is 0 Å². The zero-order valence-corrected chi connectivity index (χ0v) is 15.4. The van der Waals surface area contributed by atoms with Gasteiger partial charge in [-0.25, -0.2) is 8.42 Å². The van der Waals surface area contributed by atoms with E-state index in [0.717, 1.165) is 5.56 Å². The van der Waals surface area contributed by atoms with Crippen molar-refractivity contribution in [1.82, 2.24) is 4.31 Å². The molecule has 0 aromatic heterocycles. The monoisotopic (exact) mass is 358 g/mol. The van der Waals surface area contributed by atoms with E-state index in [-0.39, 0.29) is 10.8 Å². The van der Waals surface area contributed by atoms with Crippen LogP contribution in [0.1, 0.15) is 31.9 Å². The van der Waals surface area contributed by atoms with Gasteiger partial charge in [0.2, 0.25) is 15.9 Å². The van der Waals surface area contributed by atoms with Crippen molar-refractivity contribution in [3.05, 3.63) is 59.7 Å². The highest BCUT2D eigenvalue weighted by Crippen LogP contribution is 2.38. The SMILES string of the molecule is CCN(Cc1ccccc1)S(=O)(=O)c1ccc2c(c1)C(C)(C)C(=O)N2. The summed E-state index contributed by atoms with van der Waals surface area (Å²) in [6, 6.07) is 14.4. The van der Waals surface area contributed by atoms with Crippen LogP contribution >= 0.6 is 0 Å². The highest BCUT2D eigenvalue weighted by molar-refractivity contribution is 7.89. The summed E-state index contributed by atoms with van der Waals surface area (Å²) in [5.41, 5.74) is 1.60. The summed E-state index contributed by atoms with van der Waals surface area (Å²) in [5, 5.41) is 2.80. The molecule has 0 unspecified atom stereocenters. The lowest BCUT2D eigenvalue weighted by Gasteiger charge is -2.22. The van der Waals surface area contributed by atoms with Gasteiger partial charge in [0.25, 0.3) is 0 Å². The molecule has 132 valence electrons. The van der Waals surface area contributed by atoms with Gasteiger partial charge in [0, 0.05) is 18.8 Å². The number of carbonyl (C=O) groups excluding carboxylic acids is 1. The summed E-state index contributed by atoms with van der Waals surface area (Å²) >= 11 is 0. The molecule has 0 fully saturated rings. The minimum Gasteiger partial charge on any atom is -0.325 e. The maximum absolute atomic E-state index is 13.1. The quantitative estimate of drug-likeness (QED) is 0.893. The van der Waals surface area contributed by atoms with E-state index in [0.29, 0.717) is 24.3 Å². The molecule has 1 N–H and O–H groups in total. The molecule has 2 aromatic rings. The van der Waals surface area contributed by atoms with Crippen molar-refractivity contribution < 1.29 is 13.2 Å². The minimum atomic E-state index is -3.64. The Hall–Kier alpha value is -2.18. The number of rotatable bonds is 5. The van der Waals surface area contributed by atoms with Crippen LogP contribution in [0.4, 0.5) is 5.69 Å². The predicted octanol–water partition coefficient (Wildman–Crippen LogP) is 3.13. The average molecular weight is 358 g/mol. The van der Waals surface area contributed by atoms with Gasteiger partial charge in [-0.1, -0.05) is 37.3 Å². The number of nitrogens with one attached hydrogen (secondary N) is 1. The van der Waals surface area contributed by atoms with Crippen molar-refractivity contribution in [2.75, 3.05) is 11.9 Å². The number of fused-ring (bicyclic) bond motifs is 1. The van der Waals surface area contributed by atoms with Gasteiger partial charge in [-0.05, 0) is 43.2 Å². The molecule has 1 heterocycles. The van der Waals surface area contributed by atoms with Gasteiger partial charge in [0.15, 0.2) is 0 Å². The van der Waals surface area contributed by atoms with E-state index in [1.54, 1.807) is 32.0 Å². The highest BCUT2D eigenvalue weighted by Gasteiger charge is 2.39. The van der Waals surface area contributed by atoms with Crippen molar-refractivity contribution in [1.29, 1.82) is 0 Å². The predicted molar refractivity (Wildman–Crippen MR) is 97.8 cm³/mol. The van der Waals surface area contributed by atoms with Crippen LogP contribution in [-0.2, 0) is 26.8 Å². The van der Waals surface area contributed by atoms with E-state index in [2.05, 4.69) is 5.32 Å². The average Bonchev–Trinajstić information content (AvgIpc) is 2.82. The summed E-state index contributed by atoms with van der Waals surface area (Å²) in [5.74, 6) is -0.117. The molecule has 0 atom stereocenters. The normalized spacial score (nSPS) is 15.9. The number of nitrogens with zero attached hydrogens (tertiary/aromatic N) is 1. The Balaban J connectivity index is 1.97. The number of benzene rings is 2. The molecule has 0 bridgehead atoms. The van der Waals surface area contributed by atoms with Crippen LogP contribution in [0.5, 0.6) is 0 Å². The van der Waals surface area contributed by atoms with Crippen LogP contribution in [0.15, 0.2) is 53.4 Å². The van der Waals surface area contributed by atoms with E-state index in [9.17, 15) is 13.2 Å². The van der Waals surface area contributed by atoms with Crippen molar-refractivity contribution >= 4 is 21.6 Å². The zero-order chi connectivity index (χ0) is 18.2. The summed E-state index contributed by atoms with van der Waals surface area (Å²) in [6.07, 6.45) is 0. The molecular formula is C19H22N2O3S. The maximum Gasteiger partial charge on any atom is 0.243 e. The fourth-order valence-corrected chi connectivity index (χ4v) is 4.48. The topological polar surface area (TPSA) is 66.5 Å². The van der Waals surface area contributed by atoms with Gasteiger partial charge in [0.1, 0.15) is 0 Å². The smallest absolute Gasteiger partial charge is 0.243 e. The van der Waals surface area contributed by atoms with E-state index < -0.39 is 15.4 Å². The lowest BCUT2D eigenvalue weighted by Crippen LogP contribution is -2.31. The van der Waals surface area contributed by atoms with E-state index in [1.807, 2.05) is 37.3 Å². The first-order valence-electron chi connectivity index (χ1n) is 8.27. The first-order valence-corrected chi connectivity index (χ1v) is 9.71. The Morgan fingerprint density at radius 1 is 1.08 bits per heavy atom. The molecule has 1 aliphatic rings. The number of amides is 1. The van der Waals surface area contributed by atoms with Crippen LogP contribution in [-0.4, -0.2) is 25.2 Å². The van der Waals surface area contributed by atoms with Crippen LogP contribution in [0.2, 0.25) is 0 Å². The first kappa shape index (κ1) is 17.6. The Morgan fingerprint density at radius 3 is 2.40 bits per heavy atom. The van der Waals surface area contributed by atoms with E-state index in [1.165, 1.54) is 4.31 Å². The molecule has 2 aromatic carbocycles. The number of carbonyl (C=O) groups is 1. The van der Waals surface area contributed by atoms with Crippen LogP contribution < -0.4 is 5.32 Å². The van der Waals surface area contributed by atoms with Crippen LogP contribution in [0, 0.1) is 0 Å². The Labute approximate surface area is 148 Å². The first-order chi connectivity index (χ1) is 11.8. The molecule has 0 radical (unpaired) electrons. The summed E-state index contributed by atoms with van der Waals surface area (Å²) < 4.78 is 27.6. The second-order valence-corrected chi connectivity index (χ2v) is 8.64. The zero-order valence-electron chi connectivity index (χ0n) is 14.6. The molecular weight excluding hydrogens is 336 g/mol. The largest absolute Gasteiger partial charge is 0.325 e. The standard InChI is InChI=1S/C19H22N2O3S/c1-4-21(13-14-8-6-5-7-9-14)25(23,24)15-10-11-17-16(12-15)19(2,3)18(22)20-17/h5-12H,4,13H2,1-3H3,(H,20,22). The fourth-order valence-electron chi connectivity index (χ4n) is 3.01. The van der Waals surface area contributed by atoms with E-state index in [4.69, 9.17) is 0 Å². The third-order valence-corrected chi connectivity index (χ3v) is 6.59. The third kappa shape index (κ3) is 3.07. The lowest BCUT2D eigenvalue weighted by atomic mass is 9.86. The van der Waals surface area contributed by atoms with Gasteiger partial charge in [-0.3, -0.25) is 4.79 Å². The summed E-state index contributed by atoms with van der Waals surface area (Å²) in [4.78, 5) is 12.3. The van der Waals surface area contributed by atoms with Crippen molar-refractivity contribution in [3.63, 3.8) is 0 Å². The van der Waals surface area contributed by atoms with Crippen molar-refractivity contribution in [2.24, 2.45) is 0 Å². The second kappa shape index (κ2) is 6.28. The molecule has 6 heteroatoms. The molecule has 25 heavy (non-hydrogen) atoms. The maximum atomic E-state index is 13.1. The summed E-state index contributed by atoms with van der Waals surface area (Å²) in [7, 11) is -3.64. The third-order valence-electron chi connectivity index (χ3n) is 4.67. The molecule has 0 aliphatic carbocycles. The number of sulfonamides is 1. The Bertz CT molecular complexity index is 906. The minimum absolute atomic E-state index is 0.117. The second-order valence-electron chi connectivity index (χ2n) is 6.70. The lowest BCUT2D eigenvalue weighted by molar-refractivity contribution is -0.119. The molecule has 0 spiro atoms. The van der Waals surface area contributed by atoms with Gasteiger partial charge in [-0.15, -0.1) is 0 Å². The number of anilines is 1. The Kier molecular flexibility index (Phi) is 4.43. The molecule has 1 aliphatic heterocycles. The number of hydrogen-bond donors (Lipinski definition) is 1. The van der Waals surface area contributed by atoms with Gasteiger partial charge >= 0.3 is 0 Å². The highest BCUT2D eigenvalue weighted by atomic mass is 32.2. The number of hydrogen-bond acceptors (Lipinski definition) is 3. The molecule has 0 saturated carbocycles. The Morgan fingerprint density at radius 2 is 1.76 bits per heavy atom. The van der Waals surface area contributed by atoms with E-state index >= 15 is 0 Å². The summed E-state index contributed by atoms with van der Waals surface area (Å²) in [6.45, 7) is 6.10. The van der Waals surface area contributed by atoms with Crippen molar-refractivity contribution in [3.8, 4) is 0 Å². The van der Waals surface area contributed by atoms with Crippen molar-refractivity contribution in [2.45, 2.75) is 37.6 Å². The van der Waals surface area contributed by atoms with Crippen LogP contribution in [0.25, 0.3) is 0 Å². The molecule has 1 amide bonds. The molecule has 0 saturated heterocycles. The fraction of sp³-hybridized carbons (Fsp3) is 0.316. The van der Waals surface area contributed by atoms with Gasteiger partial charge < -0.3 is 5.32 Å². The molecule has 3 rings (SSSR count). The molecule has 5 nitrogen and oxygen atoms in total. The van der Waals surface area contributed by atoms with Gasteiger partial charge in [0.05, 0.1) is 10.3 Å². The van der Waals surface area contributed by atoms with Gasteiger partial charge in [-0.2, -0.15) is 4.31 Å².